The van der Waals surface area contributed by atoms with Crippen LogP contribution in [0.25, 0.3) is 0 Å². The van der Waals surface area contributed by atoms with Gasteiger partial charge in [0.1, 0.15) is 6.04 Å². The molecule has 2 aliphatic heterocycles. The van der Waals surface area contributed by atoms with Crippen molar-refractivity contribution in [3.05, 3.63) is 71.8 Å². The number of β-lactam (4-membered cyclic amide) rings is 1. The molecule has 4 atom stereocenters. The molecule has 1 amide bonds. The second kappa shape index (κ2) is 10.2. The summed E-state index contributed by atoms with van der Waals surface area (Å²) in [6, 6.07) is 17.8. The third-order valence-corrected chi connectivity index (χ3v) is 9.31. The van der Waals surface area contributed by atoms with Crippen LogP contribution >= 0.6 is 23.5 Å². The van der Waals surface area contributed by atoms with E-state index in [-0.39, 0.29) is 12.5 Å². The second-order valence-electron chi connectivity index (χ2n) is 8.74. The van der Waals surface area contributed by atoms with Gasteiger partial charge in [0.2, 0.25) is 11.2 Å². The van der Waals surface area contributed by atoms with Crippen molar-refractivity contribution in [1.29, 1.82) is 0 Å². The zero-order valence-corrected chi connectivity index (χ0v) is 21.5. The quantitative estimate of drug-likeness (QED) is 0.258. The zero-order valence-electron chi connectivity index (χ0n) is 19.9. The maximum absolute atomic E-state index is 14.0. The van der Waals surface area contributed by atoms with E-state index >= 15 is 0 Å². The van der Waals surface area contributed by atoms with Crippen LogP contribution in [0.2, 0.25) is 0 Å². The number of esters is 1. The summed E-state index contributed by atoms with van der Waals surface area (Å²) in [4.78, 5) is 28.5. The number of nitrogens with zero attached hydrogens (tertiary/aromatic N) is 5. The van der Waals surface area contributed by atoms with Crippen LogP contribution in [-0.2, 0) is 26.1 Å². The van der Waals surface area contributed by atoms with Gasteiger partial charge in [-0.2, -0.15) is 11.8 Å². The Hall–Kier alpha value is -2.93. The minimum atomic E-state index is -0.861. The number of amides is 1. The monoisotopic (exact) mass is 527 g/mol. The molecule has 0 spiro atoms. The molecule has 2 aromatic carbocycles. The first-order valence-corrected chi connectivity index (χ1v) is 13.6. The molecule has 0 bridgehead atoms. The van der Waals surface area contributed by atoms with Crippen molar-refractivity contribution >= 4 is 35.4 Å². The zero-order chi connectivity index (χ0) is 25.3. The van der Waals surface area contributed by atoms with Crippen LogP contribution in [0, 0.1) is 0 Å². The minimum absolute atomic E-state index is 0.221. The lowest BCUT2D eigenvalue weighted by molar-refractivity contribution is -0.461. The van der Waals surface area contributed by atoms with E-state index in [0.717, 1.165) is 11.1 Å². The Morgan fingerprint density at radius 2 is 1.83 bits per heavy atom. The van der Waals surface area contributed by atoms with Gasteiger partial charge in [-0.15, -0.1) is 5.10 Å². The summed E-state index contributed by atoms with van der Waals surface area (Å²) in [5.41, 5.74) is 5.61. The van der Waals surface area contributed by atoms with Crippen molar-refractivity contribution in [1.82, 2.24) is 25.1 Å². The predicted molar refractivity (Wildman–Crippen MR) is 134 cm³/mol. The number of carbonyl (C=O) groups is 2. The van der Waals surface area contributed by atoms with Gasteiger partial charge in [0.15, 0.2) is 12.3 Å². The summed E-state index contributed by atoms with van der Waals surface area (Å²) in [6.45, 7) is 0.258. The molecule has 12 heteroatoms. The first-order chi connectivity index (χ1) is 17.4. The molecule has 3 aromatic rings. The van der Waals surface area contributed by atoms with E-state index in [2.05, 4.69) is 21.3 Å². The summed E-state index contributed by atoms with van der Waals surface area (Å²) < 4.78 is 13.1. The van der Waals surface area contributed by atoms with E-state index in [0.29, 0.717) is 10.9 Å². The lowest BCUT2D eigenvalue weighted by Gasteiger charge is -2.55. The van der Waals surface area contributed by atoms with Gasteiger partial charge >= 0.3 is 5.97 Å². The fraction of sp³-hybridized carbons (Fsp3) is 0.375. The molecule has 2 saturated heterocycles. The molecule has 0 radical (unpaired) electrons. The molecular weight excluding hydrogens is 500 g/mol. The van der Waals surface area contributed by atoms with Crippen LogP contribution in [0.4, 0.5) is 0 Å². The number of quaternary nitrogens is 1. The summed E-state index contributed by atoms with van der Waals surface area (Å²) >= 11 is 2.89. The maximum Gasteiger partial charge on any atom is 0.331 e. The molecule has 5 rings (SSSR count). The van der Waals surface area contributed by atoms with Crippen molar-refractivity contribution in [3.63, 3.8) is 0 Å². The molecule has 2 fully saturated rings. The van der Waals surface area contributed by atoms with Gasteiger partial charge in [0.05, 0.1) is 11.4 Å². The smallest absolute Gasteiger partial charge is 0.331 e. The van der Waals surface area contributed by atoms with Crippen LogP contribution in [0.15, 0.2) is 65.8 Å². The number of hydrogen-bond donors (Lipinski definition) is 1. The highest BCUT2D eigenvalue weighted by molar-refractivity contribution is 8.03. The Bertz CT molecular complexity index is 1190. The lowest BCUT2D eigenvalue weighted by Crippen LogP contribution is -2.89. The van der Waals surface area contributed by atoms with E-state index in [1.807, 2.05) is 66.9 Å². The van der Waals surface area contributed by atoms with Gasteiger partial charge in [-0.1, -0.05) is 72.4 Å². The number of carbonyl (C=O) groups excluding carboxylic acids is 2. The third kappa shape index (κ3) is 4.38. The van der Waals surface area contributed by atoms with Crippen molar-refractivity contribution in [2.24, 2.45) is 7.05 Å². The molecule has 0 aliphatic carbocycles. The SMILES string of the molecule is CS[C@]1(CSc2nnnn2C)CO[C@@H]2[C@@H]([NH3+])C(=O)N2[C@H]1C(=O)OC(c1ccccc1)c1ccccc1. The van der Waals surface area contributed by atoms with E-state index in [4.69, 9.17) is 9.47 Å². The van der Waals surface area contributed by atoms with Gasteiger partial charge in [-0.05, 0) is 27.8 Å². The molecule has 188 valence electrons. The average Bonchev–Trinajstić information content (AvgIpc) is 3.34. The first kappa shape index (κ1) is 24.8. The van der Waals surface area contributed by atoms with E-state index in [1.54, 1.807) is 11.7 Å². The Kier molecular flexibility index (Phi) is 7.02. The van der Waals surface area contributed by atoms with Crippen LogP contribution in [0.3, 0.4) is 0 Å². The normalized spacial score (nSPS) is 25.4. The Morgan fingerprint density at radius 3 is 2.39 bits per heavy atom. The average molecular weight is 528 g/mol. The maximum atomic E-state index is 14.0. The number of tetrazole rings is 1. The number of hydrogen-bond acceptors (Lipinski definition) is 9. The van der Waals surface area contributed by atoms with E-state index < -0.39 is 35.1 Å². The Morgan fingerprint density at radius 1 is 1.19 bits per heavy atom. The van der Waals surface area contributed by atoms with Crippen molar-refractivity contribution in [3.8, 4) is 0 Å². The molecule has 0 saturated carbocycles. The Labute approximate surface area is 216 Å². The van der Waals surface area contributed by atoms with E-state index in [9.17, 15) is 9.59 Å². The topological polar surface area (TPSA) is 127 Å². The largest absolute Gasteiger partial charge is 0.451 e. The fourth-order valence-electron chi connectivity index (χ4n) is 4.55. The summed E-state index contributed by atoms with van der Waals surface area (Å²) in [6.07, 6.45) is 0.740. The molecule has 1 aromatic heterocycles. The number of aromatic nitrogens is 4. The van der Waals surface area contributed by atoms with Crippen LogP contribution in [0.5, 0.6) is 0 Å². The standard InChI is InChI=1S/C24H26N6O4S2/c1-29-23(26-27-28-29)36-14-24(35-2)13-33-21-17(25)20(31)30(21)19(24)22(32)34-18(15-9-5-3-6-10-15)16-11-7-4-8-12-16/h3-12,17-19,21H,13-14,25H2,1-2H3/p+1/t17-,19-,21+,24-/m0/s1. The molecule has 3 N–H and O–H groups in total. The molecule has 3 heterocycles. The third-order valence-electron chi connectivity index (χ3n) is 6.56. The van der Waals surface area contributed by atoms with Gasteiger partial charge in [0, 0.05) is 12.8 Å². The van der Waals surface area contributed by atoms with Gasteiger partial charge in [-0.3, -0.25) is 9.69 Å². The molecule has 0 unspecified atom stereocenters. The van der Waals surface area contributed by atoms with Crippen LogP contribution in [-0.4, -0.2) is 78.7 Å². The summed E-state index contributed by atoms with van der Waals surface area (Å²) in [5.74, 6) is -0.268. The number of fused-ring (bicyclic) bond motifs is 1. The van der Waals surface area contributed by atoms with Crippen molar-refractivity contribution in [2.75, 3.05) is 18.6 Å². The minimum Gasteiger partial charge on any atom is -0.451 e. The van der Waals surface area contributed by atoms with Crippen LogP contribution < -0.4 is 5.73 Å². The van der Waals surface area contributed by atoms with Crippen molar-refractivity contribution in [2.45, 2.75) is 34.3 Å². The Balaban J connectivity index is 1.48. The fourth-order valence-corrected chi connectivity index (χ4v) is 6.75. The van der Waals surface area contributed by atoms with Gasteiger partial charge in [-0.25, -0.2) is 9.48 Å². The highest BCUT2D eigenvalue weighted by Gasteiger charge is 2.64. The number of rotatable bonds is 8. The van der Waals surface area contributed by atoms with Gasteiger partial charge < -0.3 is 15.2 Å². The molecule has 36 heavy (non-hydrogen) atoms. The van der Waals surface area contributed by atoms with Gasteiger partial charge in [0.25, 0.3) is 5.91 Å². The number of aryl methyl sites for hydroxylation is 1. The molecular formula is C24H27N6O4S2+. The predicted octanol–water partition coefficient (Wildman–Crippen LogP) is 0.914. The summed E-state index contributed by atoms with van der Waals surface area (Å²) in [5, 5.41) is 12.2. The number of ether oxygens (including phenoxy) is 2. The highest BCUT2D eigenvalue weighted by atomic mass is 32.2. The highest BCUT2D eigenvalue weighted by Crippen LogP contribution is 2.44. The number of thioether (sulfide) groups is 2. The number of benzene rings is 2. The lowest BCUT2D eigenvalue weighted by atomic mass is 9.90. The molecule has 10 nitrogen and oxygen atoms in total. The summed E-state index contributed by atoms with van der Waals surface area (Å²) in [7, 11) is 1.75. The van der Waals surface area contributed by atoms with Crippen molar-refractivity contribution < 1.29 is 24.8 Å². The first-order valence-electron chi connectivity index (χ1n) is 11.4. The van der Waals surface area contributed by atoms with E-state index in [1.165, 1.54) is 28.4 Å². The second-order valence-corrected chi connectivity index (χ2v) is 10.9. The molecule has 2 aliphatic rings. The van der Waals surface area contributed by atoms with Crippen LogP contribution in [0.1, 0.15) is 17.2 Å².